The summed E-state index contributed by atoms with van der Waals surface area (Å²) in [4.78, 5) is 18.8. The Morgan fingerprint density at radius 1 is 1.12 bits per heavy atom. The van der Waals surface area contributed by atoms with Gasteiger partial charge in [0.25, 0.3) is 0 Å². The molecule has 3 rings (SSSR count). The van der Waals surface area contributed by atoms with Gasteiger partial charge in [0, 0.05) is 31.4 Å². The molecule has 0 amide bonds. The molecular weight excluding hydrogens is 326 g/mol. The lowest BCUT2D eigenvalue weighted by Crippen LogP contribution is -2.47. The van der Waals surface area contributed by atoms with Gasteiger partial charge in [-0.1, -0.05) is 33.1 Å². The molecule has 1 saturated carbocycles. The molecule has 0 bridgehead atoms. The van der Waals surface area contributed by atoms with Crippen LogP contribution in [0.2, 0.25) is 0 Å². The number of carbonyl (C=O) groups excluding carboxylic acids is 1. The quantitative estimate of drug-likeness (QED) is 0.819. The third kappa shape index (κ3) is 5.44. The van der Waals surface area contributed by atoms with E-state index in [0.29, 0.717) is 17.6 Å². The molecule has 1 aromatic rings. The Kier molecular flexibility index (Phi) is 8.36. The molecule has 0 spiro atoms. The SMILES string of the molecule is CC.COC(=O)c1cc(C)cnc1N1CCC(NC2CCCCC2)CC1. The van der Waals surface area contributed by atoms with Crippen molar-refractivity contribution in [3.8, 4) is 0 Å². The Hall–Kier alpha value is -1.62. The Morgan fingerprint density at radius 3 is 2.35 bits per heavy atom. The Balaban J connectivity index is 0.00000117. The minimum atomic E-state index is -0.302. The number of carbonyl (C=O) groups is 1. The molecule has 1 aliphatic carbocycles. The molecular formula is C21H35N3O2. The van der Waals surface area contributed by atoms with Crippen LogP contribution in [0, 0.1) is 6.92 Å². The van der Waals surface area contributed by atoms with Crippen LogP contribution in [0.4, 0.5) is 5.82 Å². The van der Waals surface area contributed by atoms with Crippen molar-refractivity contribution in [2.45, 2.75) is 77.8 Å². The van der Waals surface area contributed by atoms with Gasteiger partial charge in [-0.3, -0.25) is 0 Å². The zero-order valence-corrected chi connectivity index (χ0v) is 16.9. The number of aromatic nitrogens is 1. The summed E-state index contributed by atoms with van der Waals surface area (Å²) in [5.41, 5.74) is 1.56. The van der Waals surface area contributed by atoms with E-state index in [1.807, 2.05) is 33.0 Å². The summed E-state index contributed by atoms with van der Waals surface area (Å²) in [6.07, 6.45) is 10.8. The van der Waals surface area contributed by atoms with Gasteiger partial charge in [0.1, 0.15) is 11.4 Å². The second-order valence-electron chi connectivity index (χ2n) is 7.14. The second kappa shape index (κ2) is 10.5. The Morgan fingerprint density at radius 2 is 1.73 bits per heavy atom. The van der Waals surface area contributed by atoms with Gasteiger partial charge in [-0.05, 0) is 44.2 Å². The zero-order valence-electron chi connectivity index (χ0n) is 16.9. The van der Waals surface area contributed by atoms with Gasteiger partial charge >= 0.3 is 5.97 Å². The Labute approximate surface area is 158 Å². The molecule has 1 aliphatic heterocycles. The number of rotatable bonds is 4. The van der Waals surface area contributed by atoms with Crippen LogP contribution in [0.1, 0.15) is 74.7 Å². The number of hydrogen-bond donors (Lipinski definition) is 1. The lowest BCUT2D eigenvalue weighted by Gasteiger charge is -2.36. The van der Waals surface area contributed by atoms with Crippen molar-refractivity contribution in [3.05, 3.63) is 23.4 Å². The van der Waals surface area contributed by atoms with Crippen molar-refractivity contribution in [3.63, 3.8) is 0 Å². The van der Waals surface area contributed by atoms with Crippen molar-refractivity contribution < 1.29 is 9.53 Å². The van der Waals surface area contributed by atoms with Crippen LogP contribution in [-0.2, 0) is 4.74 Å². The number of aryl methyl sites for hydroxylation is 1. The minimum absolute atomic E-state index is 0.302. The highest BCUT2D eigenvalue weighted by atomic mass is 16.5. The molecule has 2 fully saturated rings. The van der Waals surface area contributed by atoms with E-state index in [2.05, 4.69) is 15.2 Å². The first kappa shape index (κ1) is 20.7. The van der Waals surface area contributed by atoms with E-state index < -0.39 is 0 Å². The monoisotopic (exact) mass is 361 g/mol. The normalized spacial score (nSPS) is 18.8. The maximum Gasteiger partial charge on any atom is 0.341 e. The number of esters is 1. The third-order valence-electron chi connectivity index (χ3n) is 5.28. The first-order valence-corrected chi connectivity index (χ1v) is 10.2. The first-order valence-electron chi connectivity index (χ1n) is 10.2. The molecule has 5 heteroatoms. The van der Waals surface area contributed by atoms with Crippen molar-refractivity contribution >= 4 is 11.8 Å². The van der Waals surface area contributed by atoms with Gasteiger partial charge in [0.05, 0.1) is 7.11 Å². The molecule has 5 nitrogen and oxygen atoms in total. The summed E-state index contributed by atoms with van der Waals surface area (Å²) in [5.74, 6) is 0.465. The van der Waals surface area contributed by atoms with E-state index >= 15 is 0 Å². The lowest BCUT2D eigenvalue weighted by atomic mass is 9.93. The fourth-order valence-electron chi connectivity index (χ4n) is 3.93. The van der Waals surface area contributed by atoms with Crippen LogP contribution in [0.25, 0.3) is 0 Å². The number of anilines is 1. The average molecular weight is 362 g/mol. The molecule has 1 aromatic heterocycles. The third-order valence-corrected chi connectivity index (χ3v) is 5.28. The number of nitrogens with one attached hydrogen (secondary N) is 1. The predicted octanol–water partition coefficient (Wildman–Crippen LogP) is 4.09. The number of methoxy groups -OCH3 is 1. The van der Waals surface area contributed by atoms with Gasteiger partial charge in [-0.2, -0.15) is 0 Å². The van der Waals surface area contributed by atoms with Crippen molar-refractivity contribution in [2.24, 2.45) is 0 Å². The topological polar surface area (TPSA) is 54.5 Å². The molecule has 146 valence electrons. The van der Waals surface area contributed by atoms with Gasteiger partial charge in [0.15, 0.2) is 0 Å². The second-order valence-corrected chi connectivity index (χ2v) is 7.14. The number of nitrogens with zero attached hydrogens (tertiary/aromatic N) is 2. The summed E-state index contributed by atoms with van der Waals surface area (Å²) in [5, 5.41) is 3.85. The van der Waals surface area contributed by atoms with E-state index in [4.69, 9.17) is 4.74 Å². The predicted molar refractivity (Wildman–Crippen MR) is 107 cm³/mol. The van der Waals surface area contributed by atoms with Crippen LogP contribution >= 0.6 is 0 Å². The van der Waals surface area contributed by atoms with Crippen molar-refractivity contribution in [1.29, 1.82) is 0 Å². The lowest BCUT2D eigenvalue weighted by molar-refractivity contribution is 0.0601. The molecule has 1 saturated heterocycles. The highest BCUT2D eigenvalue weighted by Crippen LogP contribution is 2.25. The number of hydrogen-bond acceptors (Lipinski definition) is 5. The average Bonchev–Trinajstić information content (AvgIpc) is 2.70. The summed E-state index contributed by atoms with van der Waals surface area (Å²) < 4.78 is 4.93. The molecule has 0 radical (unpaired) electrons. The van der Waals surface area contributed by atoms with Gasteiger partial charge < -0.3 is 15.0 Å². The molecule has 2 aliphatic rings. The summed E-state index contributed by atoms with van der Waals surface area (Å²) >= 11 is 0. The number of piperidine rings is 1. The smallest absolute Gasteiger partial charge is 0.341 e. The number of pyridine rings is 1. The van der Waals surface area contributed by atoms with E-state index in [0.717, 1.165) is 37.3 Å². The van der Waals surface area contributed by atoms with Crippen molar-refractivity contribution in [2.75, 3.05) is 25.1 Å². The Bertz CT molecular complexity index is 562. The highest BCUT2D eigenvalue weighted by Gasteiger charge is 2.26. The molecule has 0 aromatic carbocycles. The molecule has 0 unspecified atom stereocenters. The highest BCUT2D eigenvalue weighted by molar-refractivity contribution is 5.95. The first-order chi connectivity index (χ1) is 12.7. The van der Waals surface area contributed by atoms with E-state index in [9.17, 15) is 4.79 Å². The van der Waals surface area contributed by atoms with Gasteiger partial charge in [0.2, 0.25) is 0 Å². The molecule has 1 N–H and O–H groups in total. The van der Waals surface area contributed by atoms with Crippen LogP contribution in [-0.4, -0.2) is 43.2 Å². The van der Waals surface area contributed by atoms with Crippen LogP contribution in [0.15, 0.2) is 12.3 Å². The molecule has 0 atom stereocenters. The molecule has 2 heterocycles. The van der Waals surface area contributed by atoms with Crippen molar-refractivity contribution in [1.82, 2.24) is 10.3 Å². The van der Waals surface area contributed by atoms with E-state index in [1.165, 1.54) is 39.2 Å². The summed E-state index contributed by atoms with van der Waals surface area (Å²) in [7, 11) is 1.43. The summed E-state index contributed by atoms with van der Waals surface area (Å²) in [6.45, 7) is 7.82. The number of ether oxygens (including phenoxy) is 1. The van der Waals surface area contributed by atoms with Crippen LogP contribution in [0.3, 0.4) is 0 Å². The summed E-state index contributed by atoms with van der Waals surface area (Å²) in [6, 6.07) is 3.18. The fraction of sp³-hybridized carbons (Fsp3) is 0.714. The van der Waals surface area contributed by atoms with E-state index in [-0.39, 0.29) is 5.97 Å². The van der Waals surface area contributed by atoms with Gasteiger partial charge in [-0.25, -0.2) is 9.78 Å². The zero-order chi connectivity index (χ0) is 18.9. The largest absolute Gasteiger partial charge is 0.465 e. The standard InChI is InChI=1S/C19H29N3O2.C2H6/c1-14-12-17(19(23)24-2)18(20-13-14)22-10-8-16(9-11-22)21-15-6-4-3-5-7-15;1-2/h12-13,15-16,21H,3-11H2,1-2H3;1-2H3. The van der Waals surface area contributed by atoms with Gasteiger partial charge in [-0.15, -0.1) is 0 Å². The minimum Gasteiger partial charge on any atom is -0.465 e. The maximum atomic E-state index is 12.1. The maximum absolute atomic E-state index is 12.1. The van der Waals surface area contributed by atoms with Crippen LogP contribution < -0.4 is 10.2 Å². The fourth-order valence-corrected chi connectivity index (χ4v) is 3.93. The van der Waals surface area contributed by atoms with Crippen LogP contribution in [0.5, 0.6) is 0 Å². The molecule has 26 heavy (non-hydrogen) atoms. The van der Waals surface area contributed by atoms with E-state index in [1.54, 1.807) is 0 Å².